The summed E-state index contributed by atoms with van der Waals surface area (Å²) in [5, 5.41) is 13.0. The van der Waals surface area contributed by atoms with E-state index >= 15 is 0 Å². The van der Waals surface area contributed by atoms with E-state index < -0.39 is 0 Å². The van der Waals surface area contributed by atoms with Crippen molar-refractivity contribution in [3.8, 4) is 0 Å². The van der Waals surface area contributed by atoms with Gasteiger partial charge in [-0.25, -0.2) is 0 Å². The minimum atomic E-state index is 0. The third-order valence-electron chi connectivity index (χ3n) is 3.06. The van der Waals surface area contributed by atoms with Crippen molar-refractivity contribution < 1.29 is 4.52 Å². The Morgan fingerprint density at radius 1 is 1.22 bits per heavy atom. The maximum Gasteiger partial charge on any atom is 0.223 e. The Balaban J connectivity index is 0.00000192. The Bertz CT molecular complexity index is 745. The molecule has 9 heteroatoms. The highest BCUT2D eigenvalue weighted by atomic mass is 35.5. The van der Waals surface area contributed by atoms with Crippen molar-refractivity contribution in [3.05, 3.63) is 53.4 Å². The lowest BCUT2D eigenvalue weighted by Crippen LogP contribution is -2.10. The summed E-state index contributed by atoms with van der Waals surface area (Å²) in [5.41, 5.74) is 6.93. The minimum absolute atomic E-state index is 0. The predicted octanol–water partition coefficient (Wildman–Crippen LogP) is 2.19. The van der Waals surface area contributed by atoms with Gasteiger partial charge in [-0.1, -0.05) is 47.3 Å². The molecule has 7 nitrogen and oxygen atoms in total. The molecule has 0 aliphatic heterocycles. The summed E-state index contributed by atoms with van der Waals surface area (Å²) in [6.45, 7) is 2.81. The molecule has 0 aliphatic carbocycles. The van der Waals surface area contributed by atoms with Gasteiger partial charge in [0.1, 0.15) is 5.82 Å². The molecule has 0 fully saturated rings. The second-order valence-electron chi connectivity index (χ2n) is 4.69. The van der Waals surface area contributed by atoms with Crippen LogP contribution in [-0.4, -0.2) is 24.9 Å². The highest BCUT2D eigenvalue weighted by Gasteiger charge is 2.13. The summed E-state index contributed by atoms with van der Waals surface area (Å²) < 4.78 is 6.99. The molecule has 0 unspecified atom stereocenters. The minimum Gasteiger partial charge on any atom is -0.340 e. The van der Waals surface area contributed by atoms with Crippen molar-refractivity contribution in [2.75, 3.05) is 0 Å². The van der Waals surface area contributed by atoms with Gasteiger partial charge in [0.25, 0.3) is 0 Å². The largest absolute Gasteiger partial charge is 0.340 e. The van der Waals surface area contributed by atoms with Crippen molar-refractivity contribution in [2.24, 2.45) is 5.73 Å². The summed E-state index contributed by atoms with van der Waals surface area (Å²) in [5.74, 6) is 2.54. The average molecular weight is 353 g/mol. The number of aryl methyl sites for hydroxylation is 1. The number of hydrogen-bond acceptors (Lipinski definition) is 7. The van der Waals surface area contributed by atoms with Crippen molar-refractivity contribution in [2.45, 2.75) is 30.9 Å². The zero-order valence-electron chi connectivity index (χ0n) is 12.5. The topological polar surface area (TPSA) is 95.7 Å². The number of aromatic nitrogens is 5. The fourth-order valence-electron chi connectivity index (χ4n) is 2.03. The van der Waals surface area contributed by atoms with Crippen LogP contribution in [0.3, 0.4) is 0 Å². The first kappa shape index (κ1) is 17.5. The normalized spacial score (nSPS) is 10.5. The molecular weight excluding hydrogens is 336 g/mol. The van der Waals surface area contributed by atoms with Crippen molar-refractivity contribution in [1.29, 1.82) is 0 Å². The van der Waals surface area contributed by atoms with Crippen molar-refractivity contribution in [3.63, 3.8) is 0 Å². The first-order chi connectivity index (χ1) is 10.8. The van der Waals surface area contributed by atoms with Crippen LogP contribution in [0.2, 0.25) is 0 Å². The average Bonchev–Trinajstić information content (AvgIpc) is 3.12. The van der Waals surface area contributed by atoms with Gasteiger partial charge in [0.15, 0.2) is 11.0 Å². The van der Waals surface area contributed by atoms with Gasteiger partial charge in [0, 0.05) is 6.92 Å². The molecule has 2 heterocycles. The lowest BCUT2D eigenvalue weighted by atomic mass is 10.2. The standard InChI is InChI=1S/C14H16N6OS.ClH/c1-10-16-12(19-21-10)9-22-14-18-17-13(7-15)20(14)8-11-5-3-2-4-6-11;/h2-6H,7-9,15H2,1H3;1H. The smallest absolute Gasteiger partial charge is 0.223 e. The monoisotopic (exact) mass is 352 g/mol. The first-order valence-corrected chi connectivity index (χ1v) is 7.83. The van der Waals surface area contributed by atoms with Gasteiger partial charge in [-0.15, -0.1) is 22.6 Å². The van der Waals surface area contributed by atoms with Crippen LogP contribution in [0.1, 0.15) is 23.1 Å². The Morgan fingerprint density at radius 3 is 2.65 bits per heavy atom. The molecule has 0 bridgehead atoms. The third kappa shape index (κ3) is 4.31. The van der Waals surface area contributed by atoms with Crippen LogP contribution in [0.15, 0.2) is 40.0 Å². The summed E-state index contributed by atoms with van der Waals surface area (Å²) in [7, 11) is 0. The van der Waals surface area contributed by atoms with E-state index in [1.807, 2.05) is 22.8 Å². The van der Waals surface area contributed by atoms with Gasteiger partial charge < -0.3 is 14.8 Å². The molecule has 0 aliphatic rings. The molecule has 0 amide bonds. The van der Waals surface area contributed by atoms with Crippen LogP contribution in [-0.2, 0) is 18.8 Å². The third-order valence-corrected chi connectivity index (χ3v) is 4.02. The molecule has 122 valence electrons. The van der Waals surface area contributed by atoms with Crippen molar-refractivity contribution in [1.82, 2.24) is 24.9 Å². The van der Waals surface area contributed by atoms with E-state index in [4.69, 9.17) is 10.3 Å². The molecule has 1 aromatic carbocycles. The number of halogens is 1. The van der Waals surface area contributed by atoms with Crippen LogP contribution < -0.4 is 5.73 Å². The molecule has 3 rings (SSSR count). The van der Waals surface area contributed by atoms with Crippen LogP contribution in [0, 0.1) is 6.92 Å². The molecule has 0 spiro atoms. The van der Waals surface area contributed by atoms with E-state index in [0.29, 0.717) is 30.6 Å². The number of thioether (sulfide) groups is 1. The number of hydrogen-bond donors (Lipinski definition) is 1. The lowest BCUT2D eigenvalue weighted by molar-refractivity contribution is 0.389. The van der Waals surface area contributed by atoms with E-state index in [1.54, 1.807) is 6.92 Å². The van der Waals surface area contributed by atoms with Gasteiger partial charge >= 0.3 is 0 Å². The molecule has 0 atom stereocenters. The molecule has 0 radical (unpaired) electrons. The van der Waals surface area contributed by atoms with E-state index in [1.165, 1.54) is 17.3 Å². The zero-order chi connectivity index (χ0) is 15.4. The Kier molecular flexibility index (Phi) is 6.14. The number of rotatable bonds is 6. The van der Waals surface area contributed by atoms with Crippen LogP contribution in [0.25, 0.3) is 0 Å². The molecule has 2 N–H and O–H groups in total. The maximum atomic E-state index is 5.76. The van der Waals surface area contributed by atoms with E-state index in [0.717, 1.165) is 11.0 Å². The fraction of sp³-hybridized carbons (Fsp3) is 0.286. The number of nitrogens with two attached hydrogens (primary N) is 1. The molecule has 0 saturated carbocycles. The number of nitrogens with zero attached hydrogens (tertiary/aromatic N) is 5. The van der Waals surface area contributed by atoms with E-state index in [-0.39, 0.29) is 12.4 Å². The van der Waals surface area contributed by atoms with Crippen molar-refractivity contribution >= 4 is 24.2 Å². The maximum absolute atomic E-state index is 5.76. The van der Waals surface area contributed by atoms with Crippen LogP contribution in [0.5, 0.6) is 0 Å². The molecule has 0 saturated heterocycles. The first-order valence-electron chi connectivity index (χ1n) is 6.84. The second kappa shape index (κ2) is 8.09. The predicted molar refractivity (Wildman–Crippen MR) is 89.3 cm³/mol. The van der Waals surface area contributed by atoms with Gasteiger partial charge in [-0.3, -0.25) is 0 Å². The summed E-state index contributed by atoms with van der Waals surface area (Å²) >= 11 is 1.52. The molecular formula is C14H17ClN6OS. The summed E-state index contributed by atoms with van der Waals surface area (Å²) in [6, 6.07) is 10.1. The van der Waals surface area contributed by atoms with Gasteiger partial charge in [-0.05, 0) is 5.56 Å². The van der Waals surface area contributed by atoms with E-state index in [9.17, 15) is 0 Å². The SMILES string of the molecule is Cc1nc(CSc2nnc(CN)n2Cc2ccccc2)no1.Cl. The highest BCUT2D eigenvalue weighted by molar-refractivity contribution is 7.98. The zero-order valence-corrected chi connectivity index (χ0v) is 14.2. The second-order valence-corrected chi connectivity index (χ2v) is 5.64. The molecule has 23 heavy (non-hydrogen) atoms. The Labute approximate surface area is 144 Å². The van der Waals surface area contributed by atoms with Gasteiger partial charge in [0.05, 0.1) is 18.8 Å². The molecule has 3 aromatic rings. The lowest BCUT2D eigenvalue weighted by Gasteiger charge is -2.08. The quantitative estimate of drug-likeness (QED) is 0.679. The van der Waals surface area contributed by atoms with Crippen LogP contribution in [0.4, 0.5) is 0 Å². The summed E-state index contributed by atoms with van der Waals surface area (Å²) in [4.78, 5) is 4.19. The van der Waals surface area contributed by atoms with Crippen LogP contribution >= 0.6 is 24.2 Å². The Morgan fingerprint density at radius 2 is 2.00 bits per heavy atom. The Hall–Kier alpha value is -1.90. The fourth-order valence-corrected chi connectivity index (χ4v) is 2.83. The van der Waals surface area contributed by atoms with Gasteiger partial charge in [-0.2, -0.15) is 4.98 Å². The number of benzene rings is 1. The highest BCUT2D eigenvalue weighted by Crippen LogP contribution is 2.21. The molecule has 2 aromatic heterocycles. The van der Waals surface area contributed by atoms with E-state index in [2.05, 4.69) is 32.5 Å². The summed E-state index contributed by atoms with van der Waals surface area (Å²) in [6.07, 6.45) is 0. The van der Waals surface area contributed by atoms with Gasteiger partial charge in [0.2, 0.25) is 5.89 Å².